The first-order valence-electron chi connectivity index (χ1n) is 10.1. The molecule has 0 bridgehead atoms. The number of hydrogen-bond acceptors (Lipinski definition) is 3. The predicted octanol–water partition coefficient (Wildman–Crippen LogP) is 6.54. The number of benzene rings is 3. The van der Waals surface area contributed by atoms with Gasteiger partial charge in [0.25, 0.3) is 0 Å². The van der Waals surface area contributed by atoms with Crippen molar-refractivity contribution in [3.63, 3.8) is 0 Å². The van der Waals surface area contributed by atoms with Gasteiger partial charge in [0, 0.05) is 47.8 Å². The zero-order valence-electron chi connectivity index (χ0n) is 17.1. The summed E-state index contributed by atoms with van der Waals surface area (Å²) >= 11 is 0. The van der Waals surface area contributed by atoms with Crippen molar-refractivity contribution in [1.82, 2.24) is 9.97 Å². The van der Waals surface area contributed by atoms with Crippen LogP contribution in [0.25, 0.3) is 33.2 Å². The molecule has 0 amide bonds. The van der Waals surface area contributed by atoms with E-state index in [1.807, 2.05) is 49.8 Å². The molecule has 4 heteroatoms. The molecule has 3 aromatic carbocycles. The number of aromatic nitrogens is 2. The van der Waals surface area contributed by atoms with Crippen molar-refractivity contribution in [3.8, 4) is 28.3 Å². The number of rotatable bonds is 4. The second-order valence-electron chi connectivity index (χ2n) is 7.41. The van der Waals surface area contributed by atoms with E-state index in [0.29, 0.717) is 5.56 Å². The number of nitrogens with zero attached hydrogens (tertiary/aromatic N) is 3. The minimum Gasteiger partial charge on any atom is -0.361 e. The van der Waals surface area contributed by atoms with Crippen molar-refractivity contribution in [3.05, 3.63) is 103 Å². The van der Waals surface area contributed by atoms with Crippen molar-refractivity contribution >= 4 is 22.3 Å². The highest BCUT2D eigenvalue weighted by atomic mass is 15.1. The molecule has 0 aliphatic heterocycles. The van der Waals surface area contributed by atoms with Crippen molar-refractivity contribution in [2.75, 3.05) is 11.9 Å². The monoisotopic (exact) mass is 400 g/mol. The third-order valence-corrected chi connectivity index (χ3v) is 5.60. The lowest BCUT2D eigenvalue weighted by atomic mass is 9.93. The van der Waals surface area contributed by atoms with E-state index in [0.717, 1.165) is 44.5 Å². The van der Waals surface area contributed by atoms with Crippen LogP contribution in [-0.2, 0) is 0 Å². The second-order valence-corrected chi connectivity index (χ2v) is 7.41. The summed E-state index contributed by atoms with van der Waals surface area (Å²) in [6, 6.07) is 29.2. The number of nitriles is 1. The maximum atomic E-state index is 9.89. The quantitative estimate of drug-likeness (QED) is 0.373. The Morgan fingerprint density at radius 2 is 1.61 bits per heavy atom. The van der Waals surface area contributed by atoms with E-state index in [2.05, 4.69) is 69.5 Å². The lowest BCUT2D eigenvalue weighted by Gasteiger charge is -2.25. The molecule has 2 heterocycles. The molecule has 0 spiro atoms. The van der Waals surface area contributed by atoms with Crippen LogP contribution in [0.4, 0.5) is 11.4 Å². The van der Waals surface area contributed by atoms with Crippen LogP contribution in [-0.4, -0.2) is 17.0 Å². The Hall–Kier alpha value is -4.36. The normalized spacial score (nSPS) is 10.7. The van der Waals surface area contributed by atoms with Crippen LogP contribution in [0.5, 0.6) is 0 Å². The standard InChI is InChI=1S/C27H20N4/c1-31(22-11-12-26-20(15-22)13-14-30-26)27-21(16-28)17-29-18-25(27)24-10-6-5-9-23(24)19-7-3-2-4-8-19/h2-15,17-18,30H,1H3. The summed E-state index contributed by atoms with van der Waals surface area (Å²) in [6.07, 6.45) is 5.42. The number of anilines is 2. The van der Waals surface area contributed by atoms with Crippen molar-refractivity contribution in [1.29, 1.82) is 5.26 Å². The van der Waals surface area contributed by atoms with Crippen LogP contribution in [0.1, 0.15) is 5.56 Å². The topological polar surface area (TPSA) is 55.7 Å². The zero-order valence-corrected chi connectivity index (χ0v) is 17.1. The Labute approximate surface area is 181 Å². The van der Waals surface area contributed by atoms with Gasteiger partial charge in [-0.25, -0.2) is 0 Å². The van der Waals surface area contributed by atoms with Gasteiger partial charge < -0.3 is 9.88 Å². The molecule has 5 aromatic rings. The summed E-state index contributed by atoms with van der Waals surface area (Å²) in [5, 5.41) is 11.0. The van der Waals surface area contributed by atoms with Crippen LogP contribution in [0, 0.1) is 11.3 Å². The van der Waals surface area contributed by atoms with Gasteiger partial charge in [0.05, 0.1) is 11.3 Å². The summed E-state index contributed by atoms with van der Waals surface area (Å²) in [5.41, 5.74) is 7.68. The average molecular weight is 400 g/mol. The van der Waals surface area contributed by atoms with E-state index in [-0.39, 0.29) is 0 Å². The number of H-pyrrole nitrogens is 1. The molecule has 0 saturated heterocycles. The molecule has 31 heavy (non-hydrogen) atoms. The summed E-state index contributed by atoms with van der Waals surface area (Å²) < 4.78 is 0. The lowest BCUT2D eigenvalue weighted by molar-refractivity contribution is 1.18. The van der Waals surface area contributed by atoms with Gasteiger partial charge in [-0.15, -0.1) is 0 Å². The fraction of sp³-hybridized carbons (Fsp3) is 0.0370. The fourth-order valence-electron chi connectivity index (χ4n) is 4.06. The summed E-state index contributed by atoms with van der Waals surface area (Å²) in [7, 11) is 2.00. The highest BCUT2D eigenvalue weighted by molar-refractivity contribution is 5.93. The summed E-state index contributed by atoms with van der Waals surface area (Å²) in [4.78, 5) is 9.69. The lowest BCUT2D eigenvalue weighted by Crippen LogP contribution is -2.13. The molecule has 5 rings (SSSR count). The highest BCUT2D eigenvalue weighted by Gasteiger charge is 2.19. The molecule has 0 atom stereocenters. The van der Waals surface area contributed by atoms with Gasteiger partial charge in [-0.05, 0) is 41.0 Å². The first-order chi connectivity index (χ1) is 15.3. The Morgan fingerprint density at radius 3 is 2.42 bits per heavy atom. The first-order valence-corrected chi connectivity index (χ1v) is 10.1. The predicted molar refractivity (Wildman–Crippen MR) is 126 cm³/mol. The van der Waals surface area contributed by atoms with Gasteiger partial charge >= 0.3 is 0 Å². The van der Waals surface area contributed by atoms with E-state index in [1.54, 1.807) is 6.20 Å². The maximum absolute atomic E-state index is 9.89. The Bertz CT molecular complexity index is 1410. The van der Waals surface area contributed by atoms with Crippen LogP contribution >= 0.6 is 0 Å². The molecular weight excluding hydrogens is 380 g/mol. The van der Waals surface area contributed by atoms with E-state index in [1.165, 1.54) is 0 Å². The molecule has 148 valence electrons. The third-order valence-electron chi connectivity index (χ3n) is 5.60. The number of nitrogens with one attached hydrogen (secondary N) is 1. The second kappa shape index (κ2) is 7.81. The number of aromatic amines is 1. The van der Waals surface area contributed by atoms with E-state index in [9.17, 15) is 5.26 Å². The van der Waals surface area contributed by atoms with Gasteiger partial charge in [0.15, 0.2) is 0 Å². The number of pyridine rings is 1. The summed E-state index contributed by atoms with van der Waals surface area (Å²) in [5.74, 6) is 0. The van der Waals surface area contributed by atoms with Gasteiger partial charge in [-0.3, -0.25) is 4.98 Å². The largest absolute Gasteiger partial charge is 0.361 e. The average Bonchev–Trinajstić information content (AvgIpc) is 3.31. The molecular formula is C27H20N4. The van der Waals surface area contributed by atoms with E-state index >= 15 is 0 Å². The molecule has 0 radical (unpaired) electrons. The van der Waals surface area contributed by atoms with Crippen molar-refractivity contribution in [2.45, 2.75) is 0 Å². The minimum atomic E-state index is 0.539. The fourth-order valence-corrected chi connectivity index (χ4v) is 4.06. The van der Waals surface area contributed by atoms with E-state index < -0.39 is 0 Å². The molecule has 0 unspecified atom stereocenters. The van der Waals surface area contributed by atoms with Crippen LogP contribution in [0.3, 0.4) is 0 Å². The van der Waals surface area contributed by atoms with Gasteiger partial charge in [-0.2, -0.15) is 5.26 Å². The maximum Gasteiger partial charge on any atom is 0.103 e. The molecule has 4 nitrogen and oxygen atoms in total. The molecule has 1 N–H and O–H groups in total. The molecule has 2 aromatic heterocycles. The smallest absolute Gasteiger partial charge is 0.103 e. The first kappa shape index (κ1) is 18.7. The Morgan fingerprint density at radius 1 is 0.839 bits per heavy atom. The van der Waals surface area contributed by atoms with Crippen molar-refractivity contribution in [2.24, 2.45) is 0 Å². The SMILES string of the molecule is CN(c1ccc2[nH]ccc2c1)c1c(C#N)cncc1-c1ccccc1-c1ccccc1. The third kappa shape index (κ3) is 3.33. The van der Waals surface area contributed by atoms with E-state index in [4.69, 9.17) is 0 Å². The van der Waals surface area contributed by atoms with Gasteiger partial charge in [0.2, 0.25) is 0 Å². The molecule has 0 aliphatic carbocycles. The molecule has 0 saturated carbocycles. The van der Waals surface area contributed by atoms with Gasteiger partial charge in [-0.1, -0.05) is 54.6 Å². The van der Waals surface area contributed by atoms with Crippen LogP contribution < -0.4 is 4.90 Å². The summed E-state index contributed by atoms with van der Waals surface area (Å²) in [6.45, 7) is 0. The van der Waals surface area contributed by atoms with Gasteiger partial charge in [0.1, 0.15) is 6.07 Å². The minimum absolute atomic E-state index is 0.539. The Balaban J connectivity index is 1.72. The molecule has 0 aliphatic rings. The number of hydrogen-bond donors (Lipinski definition) is 1. The van der Waals surface area contributed by atoms with Crippen LogP contribution in [0.2, 0.25) is 0 Å². The Kier molecular flexibility index (Phi) is 4.70. The van der Waals surface area contributed by atoms with Crippen molar-refractivity contribution < 1.29 is 0 Å². The zero-order chi connectivity index (χ0) is 21.2. The number of fused-ring (bicyclic) bond motifs is 1. The van der Waals surface area contributed by atoms with Crippen LogP contribution in [0.15, 0.2) is 97.5 Å². The highest BCUT2D eigenvalue weighted by Crippen LogP contribution is 2.40. The molecule has 0 fully saturated rings.